The molecule has 6 N–H and O–H groups in total. The fourth-order valence-electron chi connectivity index (χ4n) is 2.70. The second kappa shape index (κ2) is 5.73. The van der Waals surface area contributed by atoms with Gasteiger partial charge in [-0.1, -0.05) is 0 Å². The molecule has 0 bridgehead atoms. The molecule has 1 saturated heterocycles. The summed E-state index contributed by atoms with van der Waals surface area (Å²) in [4.78, 5) is 22.0. The van der Waals surface area contributed by atoms with Gasteiger partial charge in [0, 0.05) is 5.38 Å². The number of aromatic nitrogens is 4. The third kappa shape index (κ3) is 2.34. The van der Waals surface area contributed by atoms with Crippen molar-refractivity contribution in [2.24, 2.45) is 0 Å². The lowest BCUT2D eigenvalue weighted by molar-refractivity contribution is -0.0847. The minimum atomic E-state index is -2.16. The zero-order chi connectivity index (χ0) is 17.6. The van der Waals surface area contributed by atoms with Crippen LogP contribution in [0.15, 0.2) is 11.1 Å². The number of nitrogen functional groups attached to an aromatic ring is 1. The number of anilines is 1. The van der Waals surface area contributed by atoms with Crippen molar-refractivity contribution < 1.29 is 20.1 Å². The number of aliphatic hydroxyl groups is 3. The van der Waals surface area contributed by atoms with E-state index in [9.17, 15) is 20.1 Å². The Morgan fingerprint density at radius 2 is 2.33 bits per heavy atom. The number of nitrogens with zero attached hydrogens (tertiary/aromatic N) is 3. The number of hydrogen-bond donors (Lipinski definition) is 5. The minimum absolute atomic E-state index is 0.0227. The highest BCUT2D eigenvalue weighted by atomic mass is 35.5. The molecule has 24 heavy (non-hydrogen) atoms. The smallest absolute Gasteiger partial charge is 0.280 e. The first-order chi connectivity index (χ1) is 11.3. The predicted molar refractivity (Wildman–Crippen MR) is 82.7 cm³/mol. The zero-order valence-corrected chi connectivity index (χ0v) is 13.1. The summed E-state index contributed by atoms with van der Waals surface area (Å²) in [6.45, 7) is 1.39. The topological polar surface area (TPSA) is 160 Å². The number of rotatable bonds is 2. The van der Waals surface area contributed by atoms with Gasteiger partial charge in [-0.15, -0.1) is 0 Å². The van der Waals surface area contributed by atoms with Crippen LogP contribution in [0.25, 0.3) is 11.2 Å². The van der Waals surface area contributed by atoms with E-state index < -0.39 is 35.7 Å². The summed E-state index contributed by atoms with van der Waals surface area (Å²) < 4.78 is 6.76. The van der Waals surface area contributed by atoms with E-state index in [1.54, 1.807) is 0 Å². The second-order valence-electron chi connectivity index (χ2n) is 5.46. The van der Waals surface area contributed by atoms with Crippen LogP contribution in [-0.4, -0.2) is 58.8 Å². The molecule has 5 atom stereocenters. The SMILES string of the molecule is CC(O)[C@H]1O[C@@H](n2cnc3c(=O)[nH]c(N)nc32)[C@@](O)(C#CCl)[C@@H]1O. The molecule has 0 saturated carbocycles. The summed E-state index contributed by atoms with van der Waals surface area (Å²) >= 11 is 5.39. The van der Waals surface area contributed by atoms with Gasteiger partial charge in [-0.3, -0.25) is 14.3 Å². The van der Waals surface area contributed by atoms with Crippen LogP contribution in [0.1, 0.15) is 13.2 Å². The molecule has 2 aromatic heterocycles. The molecule has 0 aliphatic carbocycles. The zero-order valence-electron chi connectivity index (χ0n) is 12.3. The maximum Gasteiger partial charge on any atom is 0.280 e. The van der Waals surface area contributed by atoms with E-state index in [0.717, 1.165) is 0 Å². The number of ether oxygens (including phenoxy) is 1. The fraction of sp³-hybridized carbons (Fsp3) is 0.462. The van der Waals surface area contributed by atoms with Crippen LogP contribution in [0.3, 0.4) is 0 Å². The maximum absolute atomic E-state index is 11.9. The molecule has 11 heteroatoms. The van der Waals surface area contributed by atoms with E-state index in [-0.39, 0.29) is 17.1 Å². The summed E-state index contributed by atoms with van der Waals surface area (Å²) in [6.07, 6.45) is -3.95. The first-order valence-corrected chi connectivity index (χ1v) is 7.26. The average Bonchev–Trinajstić information content (AvgIpc) is 3.00. The number of nitrogens with two attached hydrogens (primary N) is 1. The molecule has 0 radical (unpaired) electrons. The van der Waals surface area contributed by atoms with Crippen molar-refractivity contribution >= 4 is 28.7 Å². The van der Waals surface area contributed by atoms with Gasteiger partial charge in [0.1, 0.15) is 12.2 Å². The largest absolute Gasteiger partial charge is 0.391 e. The van der Waals surface area contributed by atoms with Gasteiger partial charge >= 0.3 is 0 Å². The van der Waals surface area contributed by atoms with Crippen LogP contribution in [0.4, 0.5) is 5.95 Å². The lowest BCUT2D eigenvalue weighted by Gasteiger charge is -2.26. The number of halogens is 1. The van der Waals surface area contributed by atoms with Crippen molar-refractivity contribution in [3.8, 4) is 11.3 Å². The van der Waals surface area contributed by atoms with Crippen molar-refractivity contribution in [2.45, 2.75) is 37.1 Å². The molecule has 1 fully saturated rings. The van der Waals surface area contributed by atoms with Gasteiger partial charge < -0.3 is 25.8 Å². The van der Waals surface area contributed by atoms with Crippen LogP contribution in [0, 0.1) is 11.3 Å². The van der Waals surface area contributed by atoms with Gasteiger partial charge in [0.15, 0.2) is 17.4 Å². The highest BCUT2D eigenvalue weighted by molar-refractivity contribution is 6.30. The Bertz CT molecular complexity index is 900. The van der Waals surface area contributed by atoms with Crippen LogP contribution in [-0.2, 0) is 4.74 Å². The lowest BCUT2D eigenvalue weighted by Crippen LogP contribution is -2.47. The number of aliphatic hydroxyl groups excluding tert-OH is 2. The summed E-state index contributed by atoms with van der Waals surface area (Å²) in [5.74, 6) is 2.12. The molecule has 10 nitrogen and oxygen atoms in total. The minimum Gasteiger partial charge on any atom is -0.391 e. The van der Waals surface area contributed by atoms with E-state index in [4.69, 9.17) is 22.1 Å². The molecule has 1 aliphatic rings. The van der Waals surface area contributed by atoms with Crippen molar-refractivity contribution in [2.75, 3.05) is 5.73 Å². The molecule has 1 aliphatic heterocycles. The van der Waals surface area contributed by atoms with E-state index in [0.29, 0.717) is 0 Å². The second-order valence-corrected chi connectivity index (χ2v) is 5.65. The molecule has 0 spiro atoms. The number of H-pyrrole nitrogens is 1. The first kappa shape index (κ1) is 16.7. The van der Waals surface area contributed by atoms with Crippen molar-refractivity contribution in [1.82, 2.24) is 19.5 Å². The van der Waals surface area contributed by atoms with Crippen molar-refractivity contribution in [3.05, 3.63) is 16.7 Å². The maximum atomic E-state index is 11.9. The van der Waals surface area contributed by atoms with Crippen molar-refractivity contribution in [1.29, 1.82) is 0 Å². The summed E-state index contributed by atoms with van der Waals surface area (Å²) in [7, 11) is 0. The Labute approximate surface area is 139 Å². The quantitative estimate of drug-likeness (QED) is 0.397. The third-order valence-corrected chi connectivity index (χ3v) is 3.95. The monoisotopic (exact) mass is 355 g/mol. The lowest BCUT2D eigenvalue weighted by atomic mass is 9.93. The molecule has 0 aromatic carbocycles. The van der Waals surface area contributed by atoms with Gasteiger partial charge in [-0.2, -0.15) is 4.98 Å². The first-order valence-electron chi connectivity index (χ1n) is 6.88. The van der Waals surface area contributed by atoms with Crippen molar-refractivity contribution in [3.63, 3.8) is 0 Å². The van der Waals surface area contributed by atoms with E-state index >= 15 is 0 Å². The standard InChI is InChI=1S/C13H14ClN5O5/c1-5(20)7-8(21)13(23,2-3-14)11(24-7)19-4-16-6-9(19)17-12(15)18-10(6)22/h4-5,7-8,11,20-21,23H,1H3,(H3,15,17,18,22)/t5?,7-,8-,11-,13-/m1/s1. The number of fused-ring (bicyclic) bond motifs is 1. The van der Waals surface area contributed by atoms with Gasteiger partial charge in [0.2, 0.25) is 11.5 Å². The van der Waals surface area contributed by atoms with Crippen LogP contribution in [0.2, 0.25) is 0 Å². The number of hydrogen-bond acceptors (Lipinski definition) is 8. The van der Waals surface area contributed by atoms with Crippen LogP contribution >= 0.6 is 11.6 Å². The number of aromatic amines is 1. The Hall–Kier alpha value is -2.16. The Balaban J connectivity index is 2.20. The number of imidazole rings is 1. The van der Waals surface area contributed by atoms with Crippen LogP contribution < -0.4 is 11.3 Å². The van der Waals surface area contributed by atoms with Gasteiger partial charge in [0.25, 0.3) is 5.56 Å². The van der Waals surface area contributed by atoms with E-state index in [2.05, 4.69) is 20.9 Å². The average molecular weight is 356 g/mol. The predicted octanol–water partition coefficient (Wildman–Crippen LogP) is -1.73. The highest BCUT2D eigenvalue weighted by Gasteiger charge is 2.57. The van der Waals surface area contributed by atoms with Crippen LogP contribution in [0.5, 0.6) is 0 Å². The highest BCUT2D eigenvalue weighted by Crippen LogP contribution is 2.40. The molecular formula is C13H14ClN5O5. The molecule has 3 rings (SSSR count). The number of nitrogens with one attached hydrogen (secondary N) is 1. The normalized spacial score (nSPS) is 31.0. The summed E-state index contributed by atoms with van der Waals surface area (Å²) in [6, 6.07) is 0. The molecule has 2 aromatic rings. The Kier molecular flexibility index (Phi) is 3.98. The molecule has 3 heterocycles. The Morgan fingerprint density at radius 3 is 2.96 bits per heavy atom. The summed E-state index contributed by atoms with van der Waals surface area (Å²) in [5, 5.41) is 32.8. The van der Waals surface area contributed by atoms with E-state index in [1.165, 1.54) is 17.8 Å². The van der Waals surface area contributed by atoms with E-state index in [1.807, 2.05) is 5.38 Å². The fourth-order valence-corrected chi connectivity index (χ4v) is 2.86. The Morgan fingerprint density at radius 1 is 1.62 bits per heavy atom. The molecule has 128 valence electrons. The molecule has 1 unspecified atom stereocenters. The van der Waals surface area contributed by atoms with Gasteiger partial charge in [0.05, 0.1) is 12.4 Å². The summed E-state index contributed by atoms with van der Waals surface area (Å²) in [5.41, 5.74) is 2.78. The molecule has 0 amide bonds. The third-order valence-electron chi connectivity index (χ3n) is 3.85. The van der Waals surface area contributed by atoms with Gasteiger partial charge in [-0.05, 0) is 24.4 Å². The van der Waals surface area contributed by atoms with Gasteiger partial charge in [-0.25, -0.2) is 4.98 Å². The molecular weight excluding hydrogens is 342 g/mol.